The second kappa shape index (κ2) is 8.21. The molecule has 112 valence electrons. The summed E-state index contributed by atoms with van der Waals surface area (Å²) in [6.45, 7) is 4.23. The monoisotopic (exact) mass is 286 g/mol. The molecule has 0 unspecified atom stereocenters. The van der Waals surface area contributed by atoms with Gasteiger partial charge in [-0.2, -0.15) is 0 Å². The van der Waals surface area contributed by atoms with E-state index in [1.165, 1.54) is 5.56 Å². The number of nitrogens with one attached hydrogen (secondary N) is 2. The maximum absolute atomic E-state index is 5.03. The minimum absolute atomic E-state index is 0.746. The van der Waals surface area contributed by atoms with E-state index in [9.17, 15) is 0 Å². The van der Waals surface area contributed by atoms with E-state index < -0.39 is 0 Å². The molecule has 1 aromatic heterocycles. The highest BCUT2D eigenvalue weighted by atomic mass is 16.5. The van der Waals surface area contributed by atoms with Crippen LogP contribution < -0.4 is 10.6 Å². The molecular weight excluding hydrogens is 264 g/mol. The third-order valence-corrected chi connectivity index (χ3v) is 2.99. The molecule has 1 aromatic carbocycles. The molecule has 0 spiro atoms. The number of anilines is 2. The van der Waals surface area contributed by atoms with E-state index in [0.29, 0.717) is 0 Å². The highest BCUT2D eigenvalue weighted by Crippen LogP contribution is 2.12. The van der Waals surface area contributed by atoms with Crippen molar-refractivity contribution in [3.63, 3.8) is 0 Å². The second-order valence-electron chi connectivity index (χ2n) is 4.80. The molecule has 0 aliphatic carbocycles. The van der Waals surface area contributed by atoms with Crippen molar-refractivity contribution in [3.05, 3.63) is 47.8 Å². The summed E-state index contributed by atoms with van der Waals surface area (Å²) >= 11 is 0. The third kappa shape index (κ3) is 5.39. The van der Waals surface area contributed by atoms with Gasteiger partial charge in [-0.15, -0.1) is 0 Å². The number of rotatable bonds is 8. The van der Waals surface area contributed by atoms with Crippen LogP contribution in [0.1, 0.15) is 17.8 Å². The van der Waals surface area contributed by atoms with Gasteiger partial charge in [0.15, 0.2) is 0 Å². The predicted octanol–water partition coefficient (Wildman–Crippen LogP) is 2.85. The molecule has 0 fully saturated rings. The number of aryl methyl sites for hydroxylation is 1. The first-order valence-electron chi connectivity index (χ1n) is 7.14. The Hall–Kier alpha value is -2.14. The fourth-order valence-electron chi connectivity index (χ4n) is 1.97. The van der Waals surface area contributed by atoms with E-state index in [1.54, 1.807) is 7.11 Å². The molecular formula is C16H22N4O. The molecule has 0 radical (unpaired) electrons. The molecule has 0 amide bonds. The summed E-state index contributed by atoms with van der Waals surface area (Å²) < 4.78 is 5.03. The van der Waals surface area contributed by atoms with E-state index in [4.69, 9.17) is 4.74 Å². The van der Waals surface area contributed by atoms with E-state index in [0.717, 1.165) is 43.6 Å². The molecule has 0 aliphatic heterocycles. The SMILES string of the molecule is COCCCNc1cc(NCc2ccccc2)nc(C)n1. The van der Waals surface area contributed by atoms with Crippen LogP contribution in [-0.4, -0.2) is 30.2 Å². The zero-order valence-corrected chi connectivity index (χ0v) is 12.6. The number of hydrogen-bond acceptors (Lipinski definition) is 5. The first-order chi connectivity index (χ1) is 10.3. The normalized spacial score (nSPS) is 10.4. The van der Waals surface area contributed by atoms with E-state index in [1.807, 2.05) is 31.2 Å². The maximum atomic E-state index is 5.03. The van der Waals surface area contributed by atoms with Gasteiger partial charge in [0.1, 0.15) is 17.5 Å². The smallest absolute Gasteiger partial charge is 0.132 e. The van der Waals surface area contributed by atoms with Crippen LogP contribution in [0.3, 0.4) is 0 Å². The Kier molecular flexibility index (Phi) is 5.97. The van der Waals surface area contributed by atoms with E-state index in [-0.39, 0.29) is 0 Å². The van der Waals surface area contributed by atoms with Crippen molar-refractivity contribution in [3.8, 4) is 0 Å². The van der Waals surface area contributed by atoms with Crippen LogP contribution >= 0.6 is 0 Å². The lowest BCUT2D eigenvalue weighted by molar-refractivity contribution is 0.198. The average molecular weight is 286 g/mol. The van der Waals surface area contributed by atoms with Crippen molar-refractivity contribution in [1.29, 1.82) is 0 Å². The molecule has 21 heavy (non-hydrogen) atoms. The number of nitrogens with zero attached hydrogens (tertiary/aromatic N) is 2. The van der Waals surface area contributed by atoms with Gasteiger partial charge in [-0.3, -0.25) is 0 Å². The van der Waals surface area contributed by atoms with Gasteiger partial charge in [0.2, 0.25) is 0 Å². The number of hydrogen-bond donors (Lipinski definition) is 2. The van der Waals surface area contributed by atoms with Crippen molar-refractivity contribution < 1.29 is 4.74 Å². The Bertz CT molecular complexity index is 545. The number of methoxy groups -OCH3 is 1. The summed E-state index contributed by atoms with van der Waals surface area (Å²) in [6.07, 6.45) is 0.951. The van der Waals surface area contributed by atoms with Gasteiger partial charge in [-0.25, -0.2) is 9.97 Å². The topological polar surface area (TPSA) is 59.1 Å². The average Bonchev–Trinajstić information content (AvgIpc) is 2.50. The van der Waals surface area contributed by atoms with Crippen LogP contribution in [0.2, 0.25) is 0 Å². The first kappa shape index (κ1) is 15.3. The molecule has 2 aromatic rings. The second-order valence-corrected chi connectivity index (χ2v) is 4.80. The Morgan fingerprint density at radius 1 is 1.05 bits per heavy atom. The van der Waals surface area contributed by atoms with Crippen LogP contribution in [0.5, 0.6) is 0 Å². The lowest BCUT2D eigenvalue weighted by Gasteiger charge is -2.10. The van der Waals surface area contributed by atoms with Crippen molar-refractivity contribution in [1.82, 2.24) is 9.97 Å². The summed E-state index contributed by atoms with van der Waals surface area (Å²) in [4.78, 5) is 8.79. The van der Waals surface area contributed by atoms with Crippen molar-refractivity contribution in [2.45, 2.75) is 19.9 Å². The van der Waals surface area contributed by atoms with Crippen LogP contribution in [0, 0.1) is 6.92 Å². The van der Waals surface area contributed by atoms with Gasteiger partial charge in [0.05, 0.1) is 0 Å². The standard InChI is InChI=1S/C16H22N4O/c1-13-19-15(17-9-6-10-21-2)11-16(20-13)18-12-14-7-4-3-5-8-14/h3-5,7-8,11H,6,9-10,12H2,1-2H3,(H2,17,18,19,20). The molecule has 0 aliphatic rings. The first-order valence-corrected chi connectivity index (χ1v) is 7.14. The summed E-state index contributed by atoms with van der Waals surface area (Å²) in [7, 11) is 1.71. The fraction of sp³-hybridized carbons (Fsp3) is 0.375. The summed E-state index contributed by atoms with van der Waals surface area (Å²) in [5, 5.41) is 6.62. The Morgan fingerprint density at radius 3 is 2.48 bits per heavy atom. The predicted molar refractivity (Wildman–Crippen MR) is 85.5 cm³/mol. The van der Waals surface area contributed by atoms with Gasteiger partial charge in [-0.1, -0.05) is 30.3 Å². The maximum Gasteiger partial charge on any atom is 0.132 e. The Balaban J connectivity index is 1.91. The quantitative estimate of drug-likeness (QED) is 0.731. The van der Waals surface area contributed by atoms with Gasteiger partial charge in [0.25, 0.3) is 0 Å². The summed E-state index contributed by atoms with van der Waals surface area (Å²) in [5.74, 6) is 2.43. The fourth-order valence-corrected chi connectivity index (χ4v) is 1.97. The van der Waals surface area contributed by atoms with Crippen LogP contribution in [0.15, 0.2) is 36.4 Å². The van der Waals surface area contributed by atoms with Crippen molar-refractivity contribution in [2.24, 2.45) is 0 Å². The van der Waals surface area contributed by atoms with E-state index in [2.05, 4.69) is 32.7 Å². The van der Waals surface area contributed by atoms with Gasteiger partial charge in [0, 0.05) is 32.9 Å². The van der Waals surface area contributed by atoms with Crippen LogP contribution in [0.4, 0.5) is 11.6 Å². The Morgan fingerprint density at radius 2 is 1.76 bits per heavy atom. The molecule has 0 saturated heterocycles. The molecule has 0 saturated carbocycles. The van der Waals surface area contributed by atoms with Gasteiger partial charge in [-0.05, 0) is 18.9 Å². The number of benzene rings is 1. The van der Waals surface area contributed by atoms with Crippen molar-refractivity contribution in [2.75, 3.05) is 30.9 Å². The highest BCUT2D eigenvalue weighted by Gasteiger charge is 2.01. The molecule has 2 N–H and O–H groups in total. The van der Waals surface area contributed by atoms with Crippen LogP contribution in [0.25, 0.3) is 0 Å². The van der Waals surface area contributed by atoms with Gasteiger partial charge >= 0.3 is 0 Å². The highest BCUT2D eigenvalue weighted by molar-refractivity contribution is 5.47. The summed E-state index contributed by atoms with van der Waals surface area (Å²) in [5.41, 5.74) is 1.23. The largest absolute Gasteiger partial charge is 0.385 e. The van der Waals surface area contributed by atoms with Crippen LogP contribution in [-0.2, 0) is 11.3 Å². The van der Waals surface area contributed by atoms with E-state index >= 15 is 0 Å². The summed E-state index contributed by atoms with van der Waals surface area (Å²) in [6, 6.07) is 12.2. The van der Waals surface area contributed by atoms with Crippen molar-refractivity contribution >= 4 is 11.6 Å². The molecule has 1 heterocycles. The minimum Gasteiger partial charge on any atom is -0.385 e. The number of ether oxygens (including phenoxy) is 1. The molecule has 0 bridgehead atoms. The van der Waals surface area contributed by atoms with Gasteiger partial charge < -0.3 is 15.4 Å². The zero-order chi connectivity index (χ0) is 14.9. The molecule has 0 atom stereocenters. The molecule has 5 heteroatoms. The zero-order valence-electron chi connectivity index (χ0n) is 12.6. The molecule has 5 nitrogen and oxygen atoms in total. The Labute approximate surface area is 125 Å². The molecule has 2 rings (SSSR count). The third-order valence-electron chi connectivity index (χ3n) is 2.99. The lowest BCUT2D eigenvalue weighted by Crippen LogP contribution is -2.09. The minimum atomic E-state index is 0.746. The lowest BCUT2D eigenvalue weighted by atomic mass is 10.2. The number of aromatic nitrogens is 2.